The van der Waals surface area contributed by atoms with Crippen molar-refractivity contribution >= 4 is 23.8 Å². The molecule has 3 N–H and O–H groups in total. The number of rotatable bonds is 4. The van der Waals surface area contributed by atoms with E-state index in [0.29, 0.717) is 0 Å². The summed E-state index contributed by atoms with van der Waals surface area (Å²) < 4.78 is 5.83. The van der Waals surface area contributed by atoms with Crippen LogP contribution >= 0.6 is 0 Å². The molecule has 2 rings (SSSR count). The molecule has 0 unspecified atom stereocenters. The number of hydrogen-bond acceptors (Lipinski definition) is 1. The lowest BCUT2D eigenvalue weighted by Gasteiger charge is -2.33. The number of aromatic amines is 1. The van der Waals surface area contributed by atoms with Crippen LogP contribution in [0.25, 0.3) is 10.9 Å². The molecule has 0 aliphatic heterocycles. The van der Waals surface area contributed by atoms with E-state index in [-0.39, 0.29) is 0 Å². The van der Waals surface area contributed by atoms with Crippen LogP contribution in [-0.2, 0) is 4.65 Å². The zero-order valence-electron chi connectivity index (χ0n) is 11.4. The first-order valence-corrected chi connectivity index (χ1v) is 6.13. The molecule has 1 aromatic heterocycles. The van der Waals surface area contributed by atoms with Crippen molar-refractivity contribution in [2.24, 2.45) is 0 Å². The van der Waals surface area contributed by atoms with E-state index in [1.165, 1.54) is 0 Å². The second-order valence-electron chi connectivity index (χ2n) is 5.66. The fourth-order valence-electron chi connectivity index (χ4n) is 1.57. The van der Waals surface area contributed by atoms with E-state index in [4.69, 9.17) is 9.76 Å². The lowest BCUT2D eigenvalue weighted by molar-refractivity contribution is -0.0893. The van der Waals surface area contributed by atoms with Gasteiger partial charge in [-0.15, -0.1) is 0 Å². The Kier molecular flexibility index (Phi) is 3.26. The molecule has 0 saturated heterocycles. The number of H-pyrrole nitrogens is 1. The number of aromatic nitrogens is 1. The smallest absolute Gasteiger partial charge is 0.331 e. The largest absolute Gasteiger partial charge is 0.439 e. The van der Waals surface area contributed by atoms with E-state index in [0.717, 1.165) is 16.4 Å². The van der Waals surface area contributed by atoms with Gasteiger partial charge in [-0.25, -0.2) is 0 Å². The van der Waals surface area contributed by atoms with Gasteiger partial charge < -0.3 is 14.7 Å². The van der Waals surface area contributed by atoms with Crippen molar-refractivity contribution in [3.8, 4) is 0 Å². The van der Waals surface area contributed by atoms with Crippen LogP contribution in [0.4, 0.5) is 0 Å². The maximum Gasteiger partial charge on any atom is 0.331 e. The normalized spacial score (nSPS) is 12.9. The maximum absolute atomic E-state index is 8.08. The van der Waals surface area contributed by atoms with Gasteiger partial charge in [0.15, 0.2) is 5.60 Å². The lowest BCUT2D eigenvalue weighted by atomic mass is 9.81. The summed E-state index contributed by atoms with van der Waals surface area (Å²) in [5.41, 5.74) is 0.933. The first-order valence-electron chi connectivity index (χ1n) is 6.13. The fourth-order valence-corrected chi connectivity index (χ4v) is 1.57. The highest BCUT2D eigenvalue weighted by Crippen LogP contribution is 2.24. The van der Waals surface area contributed by atoms with E-state index < -0.39 is 11.2 Å². The zero-order chi connectivity index (χ0) is 13.4. The van der Waals surface area contributed by atoms with Gasteiger partial charge in [0.2, 0.25) is 0 Å². The quantitative estimate of drug-likeness (QED) is 0.647. The molecule has 1 radical (unpaired) electrons. The van der Waals surface area contributed by atoms with Gasteiger partial charge in [0, 0.05) is 25.6 Å². The summed E-state index contributed by atoms with van der Waals surface area (Å²) in [5, 5.41) is 9.22. The summed E-state index contributed by atoms with van der Waals surface area (Å²) >= 11 is 0. The van der Waals surface area contributed by atoms with Crippen molar-refractivity contribution in [1.82, 2.24) is 4.98 Å². The number of hydrogen-bond donors (Lipinski definition) is 1. The second kappa shape index (κ2) is 4.45. The van der Waals surface area contributed by atoms with Crippen molar-refractivity contribution < 1.29 is 9.76 Å². The molecule has 0 amide bonds. The molecule has 18 heavy (non-hydrogen) atoms. The third kappa shape index (κ3) is 2.45. The average molecular weight is 245 g/mol. The second-order valence-corrected chi connectivity index (χ2v) is 5.66. The van der Waals surface area contributed by atoms with E-state index >= 15 is 0 Å². The summed E-state index contributed by atoms with van der Waals surface area (Å²) in [4.78, 5) is 3.17. The summed E-state index contributed by atoms with van der Waals surface area (Å²) in [5.74, 6) is 0. The summed E-state index contributed by atoms with van der Waals surface area (Å²) in [6.45, 7) is 7.59. The van der Waals surface area contributed by atoms with Crippen LogP contribution in [0.5, 0.6) is 0 Å². The minimum atomic E-state index is -0.657. The van der Waals surface area contributed by atoms with Gasteiger partial charge in [0.05, 0.1) is 0 Å². The Morgan fingerprint density at radius 1 is 1.17 bits per heavy atom. The van der Waals surface area contributed by atoms with Crippen LogP contribution in [0.2, 0.25) is 0 Å². The predicted octanol–water partition coefficient (Wildman–Crippen LogP) is 1.71. The van der Waals surface area contributed by atoms with Gasteiger partial charge in [-0.05, 0) is 36.8 Å². The Morgan fingerprint density at radius 2 is 1.89 bits per heavy atom. The molecule has 95 valence electrons. The van der Waals surface area contributed by atoms with Gasteiger partial charge in [0.1, 0.15) is 5.60 Å². The van der Waals surface area contributed by atoms with Crippen LogP contribution in [0.15, 0.2) is 30.5 Å². The van der Waals surface area contributed by atoms with Crippen molar-refractivity contribution in [3.63, 3.8) is 0 Å². The van der Waals surface area contributed by atoms with Gasteiger partial charge in [0.25, 0.3) is 0 Å². The predicted molar refractivity (Wildman–Crippen MR) is 76.5 cm³/mol. The van der Waals surface area contributed by atoms with Crippen molar-refractivity contribution in [3.05, 3.63) is 30.5 Å². The maximum atomic E-state index is 8.08. The standard InChI is InChI=1S/C14H19BNO2/c1-13(2,17)14(3,4)18-15-11-6-5-7-12-10(11)8-9-16-12/h5-9,16-17H,1-4H3/p+1. The molecule has 0 atom stereocenters. The Bertz CT molecular complexity index is 540. The van der Waals surface area contributed by atoms with Gasteiger partial charge >= 0.3 is 7.48 Å². The first kappa shape index (κ1) is 13.2. The molecule has 0 aliphatic rings. The number of fused-ring (bicyclic) bond motifs is 1. The third-order valence-corrected chi connectivity index (χ3v) is 3.61. The van der Waals surface area contributed by atoms with Crippen LogP contribution in [-0.4, -0.2) is 28.8 Å². The number of nitrogens with one attached hydrogen (secondary N) is 1. The Balaban J connectivity index is 2.18. The van der Waals surface area contributed by atoms with E-state index in [1.807, 2.05) is 58.2 Å². The average Bonchev–Trinajstić information content (AvgIpc) is 2.73. The van der Waals surface area contributed by atoms with Crippen molar-refractivity contribution in [1.29, 1.82) is 0 Å². The van der Waals surface area contributed by atoms with Crippen LogP contribution in [0, 0.1) is 0 Å². The van der Waals surface area contributed by atoms with Crippen LogP contribution in [0.1, 0.15) is 27.7 Å². The summed E-state index contributed by atoms with van der Waals surface area (Å²) in [6, 6.07) is 8.08. The lowest BCUT2D eigenvalue weighted by Crippen LogP contribution is -2.49. The van der Waals surface area contributed by atoms with Gasteiger partial charge in [-0.1, -0.05) is 12.1 Å². The summed E-state index contributed by atoms with van der Waals surface area (Å²) in [7, 11) is 1.76. The van der Waals surface area contributed by atoms with Crippen LogP contribution in [0.3, 0.4) is 0 Å². The molecular formula is C14H20BNO2+. The highest BCUT2D eigenvalue weighted by Gasteiger charge is 2.40. The monoisotopic (exact) mass is 245 g/mol. The molecule has 0 aliphatic carbocycles. The minimum Gasteiger partial charge on any atom is -0.439 e. The molecule has 0 spiro atoms. The highest BCUT2D eigenvalue weighted by molar-refractivity contribution is 6.51. The Morgan fingerprint density at radius 3 is 2.56 bits per heavy atom. The van der Waals surface area contributed by atoms with Crippen LogP contribution < -0.4 is 5.46 Å². The van der Waals surface area contributed by atoms with Gasteiger partial charge in [-0.3, -0.25) is 0 Å². The van der Waals surface area contributed by atoms with Crippen molar-refractivity contribution in [2.45, 2.75) is 38.9 Å². The van der Waals surface area contributed by atoms with Crippen molar-refractivity contribution in [2.75, 3.05) is 0 Å². The molecule has 4 heteroatoms. The van der Waals surface area contributed by atoms with Gasteiger partial charge in [-0.2, -0.15) is 0 Å². The summed E-state index contributed by atoms with van der Waals surface area (Å²) in [6.07, 6.45) is 1.92. The Labute approximate surface area is 108 Å². The minimum absolute atomic E-state index is 0.536. The molecule has 0 fully saturated rings. The molecule has 0 saturated carbocycles. The SMILES string of the molecule is CC(C)([OH2+])C(C)(C)O[B]c1cccc2[nH]ccc12. The van der Waals surface area contributed by atoms with E-state index in [9.17, 15) is 0 Å². The molecule has 1 heterocycles. The molecule has 1 aromatic carbocycles. The highest BCUT2D eigenvalue weighted by atomic mass is 16.5. The topological polar surface area (TPSA) is 47.9 Å². The molecule has 0 bridgehead atoms. The molecular weight excluding hydrogens is 225 g/mol. The van der Waals surface area contributed by atoms with E-state index in [2.05, 4.69) is 4.98 Å². The number of benzene rings is 1. The Hall–Kier alpha value is -1.26. The first-order chi connectivity index (χ1) is 8.31. The zero-order valence-corrected chi connectivity index (χ0v) is 11.4. The van der Waals surface area contributed by atoms with E-state index in [1.54, 1.807) is 7.48 Å². The fraction of sp³-hybridized carbons (Fsp3) is 0.429. The molecule has 2 aromatic rings. The molecule has 3 nitrogen and oxygen atoms in total. The third-order valence-electron chi connectivity index (χ3n) is 3.61.